The predicted molar refractivity (Wildman–Crippen MR) is 118 cm³/mol. The van der Waals surface area contributed by atoms with E-state index in [1.54, 1.807) is 30.3 Å². The van der Waals surface area contributed by atoms with Gasteiger partial charge in [0.05, 0.1) is 23.2 Å². The van der Waals surface area contributed by atoms with Gasteiger partial charge in [0.2, 0.25) is 17.6 Å². The SMILES string of the molecule is O=C(Nc1cc(Cl)ccc1Cl)C1CCCN(Cc2nc(-c3ccc(Cl)cc3)no2)C1. The van der Waals surface area contributed by atoms with Gasteiger partial charge in [0.25, 0.3) is 0 Å². The van der Waals surface area contributed by atoms with Gasteiger partial charge in [-0.2, -0.15) is 4.98 Å². The number of hydrogen-bond acceptors (Lipinski definition) is 5. The molecular formula is C21H19Cl3N4O2. The maximum Gasteiger partial charge on any atom is 0.241 e. The van der Waals surface area contributed by atoms with Crippen LogP contribution in [0.1, 0.15) is 18.7 Å². The molecule has 1 aromatic heterocycles. The highest BCUT2D eigenvalue weighted by atomic mass is 35.5. The van der Waals surface area contributed by atoms with Crippen molar-refractivity contribution in [2.75, 3.05) is 18.4 Å². The van der Waals surface area contributed by atoms with Crippen LogP contribution in [0.25, 0.3) is 11.4 Å². The zero-order valence-electron chi connectivity index (χ0n) is 15.9. The molecule has 1 unspecified atom stereocenters. The van der Waals surface area contributed by atoms with Crippen molar-refractivity contribution in [3.05, 3.63) is 63.4 Å². The molecule has 1 atom stereocenters. The molecule has 3 aromatic rings. The van der Waals surface area contributed by atoms with Crippen LogP contribution in [0, 0.1) is 5.92 Å². The molecule has 2 heterocycles. The van der Waals surface area contributed by atoms with Gasteiger partial charge in [-0.3, -0.25) is 9.69 Å². The molecule has 0 spiro atoms. The molecule has 1 saturated heterocycles. The molecule has 6 nitrogen and oxygen atoms in total. The lowest BCUT2D eigenvalue weighted by molar-refractivity contribution is -0.121. The Morgan fingerprint density at radius 2 is 1.90 bits per heavy atom. The van der Waals surface area contributed by atoms with E-state index in [0.29, 0.717) is 45.6 Å². The van der Waals surface area contributed by atoms with Crippen LogP contribution < -0.4 is 5.32 Å². The summed E-state index contributed by atoms with van der Waals surface area (Å²) in [6.45, 7) is 1.95. The molecule has 1 aliphatic rings. The van der Waals surface area contributed by atoms with Crippen LogP contribution >= 0.6 is 34.8 Å². The molecule has 1 N–H and O–H groups in total. The first-order chi connectivity index (χ1) is 14.5. The van der Waals surface area contributed by atoms with E-state index in [1.165, 1.54) is 0 Å². The maximum atomic E-state index is 12.7. The number of amides is 1. The van der Waals surface area contributed by atoms with Crippen molar-refractivity contribution in [2.45, 2.75) is 19.4 Å². The number of benzene rings is 2. The van der Waals surface area contributed by atoms with Crippen molar-refractivity contribution in [3.8, 4) is 11.4 Å². The molecule has 4 rings (SSSR count). The third-order valence-corrected chi connectivity index (χ3v) is 5.81. The highest BCUT2D eigenvalue weighted by molar-refractivity contribution is 6.35. The third-order valence-electron chi connectivity index (χ3n) is 4.99. The number of piperidine rings is 1. The van der Waals surface area contributed by atoms with Crippen LogP contribution in [0.2, 0.25) is 15.1 Å². The van der Waals surface area contributed by atoms with Crippen molar-refractivity contribution in [1.29, 1.82) is 0 Å². The molecule has 0 radical (unpaired) electrons. The topological polar surface area (TPSA) is 71.3 Å². The van der Waals surface area contributed by atoms with Crippen LogP contribution in [0.3, 0.4) is 0 Å². The van der Waals surface area contributed by atoms with E-state index in [0.717, 1.165) is 24.9 Å². The van der Waals surface area contributed by atoms with Crippen LogP contribution in [-0.2, 0) is 11.3 Å². The van der Waals surface area contributed by atoms with Crippen molar-refractivity contribution in [2.24, 2.45) is 5.92 Å². The summed E-state index contributed by atoms with van der Waals surface area (Å²) in [5, 5.41) is 8.57. The number of carbonyl (C=O) groups is 1. The minimum atomic E-state index is -0.160. The predicted octanol–water partition coefficient (Wildman–Crippen LogP) is 5.55. The Bertz CT molecular complexity index is 1040. The van der Waals surface area contributed by atoms with Crippen molar-refractivity contribution < 1.29 is 9.32 Å². The second-order valence-corrected chi connectivity index (χ2v) is 8.49. The van der Waals surface area contributed by atoms with E-state index in [2.05, 4.69) is 20.4 Å². The molecule has 156 valence electrons. The number of carbonyl (C=O) groups excluding carboxylic acids is 1. The van der Waals surface area contributed by atoms with E-state index < -0.39 is 0 Å². The Hall–Kier alpha value is -2.12. The fourth-order valence-electron chi connectivity index (χ4n) is 3.47. The molecular weight excluding hydrogens is 447 g/mol. The van der Waals surface area contributed by atoms with Gasteiger partial charge in [0, 0.05) is 22.2 Å². The average molecular weight is 466 g/mol. The summed E-state index contributed by atoms with van der Waals surface area (Å²) in [5.41, 5.74) is 1.36. The summed E-state index contributed by atoms with van der Waals surface area (Å²) in [7, 11) is 0. The number of nitrogens with zero attached hydrogens (tertiary/aromatic N) is 3. The number of nitrogens with one attached hydrogen (secondary N) is 1. The van der Waals surface area contributed by atoms with Crippen LogP contribution in [0.4, 0.5) is 5.69 Å². The van der Waals surface area contributed by atoms with E-state index in [9.17, 15) is 4.79 Å². The number of aromatic nitrogens is 2. The smallest absolute Gasteiger partial charge is 0.241 e. The summed E-state index contributed by atoms with van der Waals surface area (Å²) < 4.78 is 5.40. The van der Waals surface area contributed by atoms with Crippen molar-refractivity contribution in [3.63, 3.8) is 0 Å². The van der Waals surface area contributed by atoms with E-state index in [-0.39, 0.29) is 11.8 Å². The molecule has 1 amide bonds. The Balaban J connectivity index is 1.38. The monoisotopic (exact) mass is 464 g/mol. The summed E-state index contributed by atoms with van der Waals surface area (Å²) in [4.78, 5) is 19.4. The minimum absolute atomic E-state index is 0.0729. The van der Waals surface area contributed by atoms with Gasteiger partial charge in [-0.25, -0.2) is 0 Å². The highest BCUT2D eigenvalue weighted by Crippen LogP contribution is 2.27. The molecule has 0 aliphatic carbocycles. The van der Waals surface area contributed by atoms with Crippen LogP contribution in [0.15, 0.2) is 47.0 Å². The Kier molecular flexibility index (Phi) is 6.58. The molecule has 0 saturated carbocycles. The Morgan fingerprint density at radius 1 is 1.13 bits per heavy atom. The number of anilines is 1. The summed E-state index contributed by atoms with van der Waals surface area (Å²) in [6, 6.07) is 12.3. The zero-order chi connectivity index (χ0) is 21.1. The molecule has 0 bridgehead atoms. The summed E-state index contributed by atoms with van der Waals surface area (Å²) >= 11 is 18.1. The second kappa shape index (κ2) is 9.35. The first kappa shape index (κ1) is 21.1. The van der Waals surface area contributed by atoms with E-state index in [1.807, 2.05) is 12.1 Å². The molecule has 1 fully saturated rings. The number of rotatable bonds is 5. The molecule has 30 heavy (non-hydrogen) atoms. The molecule has 1 aliphatic heterocycles. The lowest BCUT2D eigenvalue weighted by atomic mass is 9.97. The quantitative estimate of drug-likeness (QED) is 0.535. The summed E-state index contributed by atoms with van der Waals surface area (Å²) in [6.07, 6.45) is 1.71. The van der Waals surface area contributed by atoms with E-state index in [4.69, 9.17) is 39.3 Å². The first-order valence-electron chi connectivity index (χ1n) is 9.55. The fourth-order valence-corrected chi connectivity index (χ4v) is 3.93. The lowest BCUT2D eigenvalue weighted by Crippen LogP contribution is -2.40. The number of likely N-dealkylation sites (tertiary alicyclic amines) is 1. The van der Waals surface area contributed by atoms with Crippen molar-refractivity contribution in [1.82, 2.24) is 15.0 Å². The summed E-state index contributed by atoms with van der Waals surface area (Å²) in [5.74, 6) is 0.797. The number of hydrogen-bond donors (Lipinski definition) is 1. The van der Waals surface area contributed by atoms with Crippen LogP contribution in [-0.4, -0.2) is 34.0 Å². The average Bonchev–Trinajstić information content (AvgIpc) is 3.20. The van der Waals surface area contributed by atoms with E-state index >= 15 is 0 Å². The Labute approximate surface area is 189 Å². The largest absolute Gasteiger partial charge is 0.338 e. The standard InChI is InChI=1S/C21H19Cl3N4O2/c22-15-5-3-13(4-6-15)20-26-19(30-27-20)12-28-9-1-2-14(11-28)21(29)25-18-10-16(23)7-8-17(18)24/h3-8,10,14H,1-2,9,11-12H2,(H,25,29). The van der Waals surface area contributed by atoms with Gasteiger partial charge >= 0.3 is 0 Å². The zero-order valence-corrected chi connectivity index (χ0v) is 18.2. The van der Waals surface area contributed by atoms with Gasteiger partial charge < -0.3 is 9.84 Å². The van der Waals surface area contributed by atoms with Gasteiger partial charge in [0.1, 0.15) is 0 Å². The van der Waals surface area contributed by atoms with Gasteiger partial charge in [-0.05, 0) is 61.9 Å². The normalized spacial score (nSPS) is 17.1. The molecule has 2 aromatic carbocycles. The van der Waals surface area contributed by atoms with Crippen molar-refractivity contribution >= 4 is 46.4 Å². The fraction of sp³-hybridized carbons (Fsp3) is 0.286. The second-order valence-electron chi connectivity index (χ2n) is 7.21. The van der Waals surface area contributed by atoms with Gasteiger partial charge in [-0.1, -0.05) is 40.0 Å². The Morgan fingerprint density at radius 3 is 2.70 bits per heavy atom. The number of halogens is 3. The first-order valence-corrected chi connectivity index (χ1v) is 10.7. The van der Waals surface area contributed by atoms with Gasteiger partial charge in [0.15, 0.2) is 0 Å². The minimum Gasteiger partial charge on any atom is -0.338 e. The maximum absolute atomic E-state index is 12.7. The lowest BCUT2D eigenvalue weighted by Gasteiger charge is -2.30. The third kappa shape index (κ3) is 5.13. The van der Waals surface area contributed by atoms with Gasteiger partial charge in [-0.15, -0.1) is 0 Å². The molecule has 9 heteroatoms. The van der Waals surface area contributed by atoms with Crippen LogP contribution in [0.5, 0.6) is 0 Å². The highest BCUT2D eigenvalue weighted by Gasteiger charge is 2.27.